The molecular weight excluding hydrogens is 841 g/mol. The Morgan fingerprint density at radius 1 is 0.294 bits per heavy atom. The first-order valence-corrected chi connectivity index (χ1v) is 29.6. The van der Waals surface area contributed by atoms with Crippen LogP contribution in [0.5, 0.6) is 0 Å². The van der Waals surface area contributed by atoms with E-state index in [0.717, 1.165) is 83.5 Å². The van der Waals surface area contributed by atoms with Crippen LogP contribution in [0.4, 0.5) is 0 Å². The van der Waals surface area contributed by atoms with Crippen molar-refractivity contribution in [3.05, 3.63) is 48.6 Å². The summed E-state index contributed by atoms with van der Waals surface area (Å²) in [4.78, 5) is 38.2. The second kappa shape index (κ2) is 57.0. The van der Waals surface area contributed by atoms with E-state index in [0.29, 0.717) is 19.3 Å². The van der Waals surface area contributed by atoms with E-state index in [2.05, 4.69) is 69.4 Å². The Balaban J connectivity index is 4.36. The van der Waals surface area contributed by atoms with Gasteiger partial charge in [-0.1, -0.05) is 256 Å². The summed E-state index contributed by atoms with van der Waals surface area (Å²) in [5.41, 5.74) is 0. The number of rotatable bonds is 54. The lowest BCUT2D eigenvalue weighted by molar-refractivity contribution is -0.167. The third-order valence-corrected chi connectivity index (χ3v) is 13.1. The summed E-state index contributed by atoms with van der Waals surface area (Å²) < 4.78 is 16.9. The van der Waals surface area contributed by atoms with Gasteiger partial charge in [0.2, 0.25) is 0 Å². The average Bonchev–Trinajstić information content (AvgIpc) is 3.34. The minimum atomic E-state index is -0.780. The predicted molar refractivity (Wildman–Crippen MR) is 293 cm³/mol. The van der Waals surface area contributed by atoms with Crippen LogP contribution in [0.25, 0.3) is 0 Å². The fourth-order valence-corrected chi connectivity index (χ4v) is 8.56. The van der Waals surface area contributed by atoms with E-state index in [1.54, 1.807) is 0 Å². The molecule has 0 aromatic rings. The number of carbonyl (C=O) groups excluding carboxylic acids is 3. The molecule has 0 heterocycles. The van der Waals surface area contributed by atoms with Gasteiger partial charge in [-0.05, 0) is 83.5 Å². The van der Waals surface area contributed by atoms with Crippen molar-refractivity contribution in [3.8, 4) is 0 Å². The number of carbonyl (C=O) groups is 3. The van der Waals surface area contributed by atoms with Crippen molar-refractivity contribution in [2.75, 3.05) is 13.2 Å². The molecule has 0 aliphatic carbocycles. The third kappa shape index (κ3) is 54.3. The fourth-order valence-electron chi connectivity index (χ4n) is 8.56. The Bertz CT molecular complexity index is 1190. The van der Waals surface area contributed by atoms with E-state index >= 15 is 0 Å². The molecule has 0 bridgehead atoms. The highest BCUT2D eigenvalue weighted by Crippen LogP contribution is 2.16. The fraction of sp³-hybridized carbons (Fsp3) is 0.823. The van der Waals surface area contributed by atoms with Gasteiger partial charge in [0.25, 0.3) is 0 Å². The van der Waals surface area contributed by atoms with E-state index in [4.69, 9.17) is 14.2 Å². The molecule has 6 nitrogen and oxygen atoms in total. The number of hydrogen-bond acceptors (Lipinski definition) is 6. The van der Waals surface area contributed by atoms with Gasteiger partial charge in [-0.3, -0.25) is 14.4 Å². The minimum Gasteiger partial charge on any atom is -0.462 e. The summed E-state index contributed by atoms with van der Waals surface area (Å²) in [5.74, 6) is -0.883. The molecule has 0 amide bonds. The first-order valence-electron chi connectivity index (χ1n) is 29.6. The van der Waals surface area contributed by atoms with Crippen molar-refractivity contribution >= 4 is 17.9 Å². The zero-order chi connectivity index (χ0) is 49.3. The molecule has 0 spiro atoms. The summed E-state index contributed by atoms with van der Waals surface area (Å²) in [6.07, 6.45) is 69.6. The van der Waals surface area contributed by atoms with Crippen molar-refractivity contribution in [2.24, 2.45) is 0 Å². The Morgan fingerprint density at radius 3 is 0.882 bits per heavy atom. The molecule has 6 heteroatoms. The van der Waals surface area contributed by atoms with Crippen LogP contribution in [-0.2, 0) is 28.6 Å². The van der Waals surface area contributed by atoms with Crippen LogP contribution in [0.15, 0.2) is 48.6 Å². The molecule has 0 rings (SSSR count). The molecule has 0 fully saturated rings. The molecule has 0 saturated carbocycles. The van der Waals surface area contributed by atoms with Gasteiger partial charge in [-0.25, -0.2) is 0 Å². The quantitative estimate of drug-likeness (QED) is 0.0262. The lowest BCUT2D eigenvalue weighted by Gasteiger charge is -2.18. The van der Waals surface area contributed by atoms with Gasteiger partial charge >= 0.3 is 17.9 Å². The first kappa shape index (κ1) is 65.4. The van der Waals surface area contributed by atoms with Gasteiger partial charge in [-0.2, -0.15) is 0 Å². The second-order valence-electron chi connectivity index (χ2n) is 19.9. The summed E-state index contributed by atoms with van der Waals surface area (Å²) in [7, 11) is 0. The van der Waals surface area contributed by atoms with Gasteiger partial charge in [-0.15, -0.1) is 0 Å². The second-order valence-corrected chi connectivity index (χ2v) is 19.9. The molecule has 0 saturated heterocycles. The zero-order valence-corrected chi connectivity index (χ0v) is 45.4. The number of unbranched alkanes of at least 4 members (excludes halogenated alkanes) is 35. The smallest absolute Gasteiger partial charge is 0.306 e. The van der Waals surface area contributed by atoms with Crippen molar-refractivity contribution in [1.82, 2.24) is 0 Å². The van der Waals surface area contributed by atoms with E-state index in [1.165, 1.54) is 186 Å². The Hall–Kier alpha value is -2.63. The highest BCUT2D eigenvalue weighted by Gasteiger charge is 2.19. The lowest BCUT2D eigenvalue weighted by atomic mass is 10.0. The summed E-state index contributed by atoms with van der Waals surface area (Å²) in [6, 6.07) is 0. The van der Waals surface area contributed by atoms with Crippen molar-refractivity contribution < 1.29 is 28.6 Å². The molecule has 0 aromatic carbocycles. The largest absolute Gasteiger partial charge is 0.462 e. The van der Waals surface area contributed by atoms with Gasteiger partial charge < -0.3 is 14.2 Å². The molecule has 0 aliphatic heterocycles. The maximum atomic E-state index is 12.9. The molecule has 68 heavy (non-hydrogen) atoms. The number of allylic oxidation sites excluding steroid dienone is 8. The van der Waals surface area contributed by atoms with Crippen LogP contribution >= 0.6 is 0 Å². The van der Waals surface area contributed by atoms with Crippen LogP contribution in [0.2, 0.25) is 0 Å². The Morgan fingerprint density at radius 2 is 0.529 bits per heavy atom. The minimum absolute atomic E-state index is 0.0789. The molecule has 0 aliphatic rings. The van der Waals surface area contributed by atoms with E-state index < -0.39 is 6.10 Å². The first-order chi connectivity index (χ1) is 33.5. The van der Waals surface area contributed by atoms with Gasteiger partial charge in [0, 0.05) is 19.3 Å². The van der Waals surface area contributed by atoms with Crippen LogP contribution < -0.4 is 0 Å². The average molecular weight is 954 g/mol. The van der Waals surface area contributed by atoms with Crippen molar-refractivity contribution in [2.45, 2.75) is 316 Å². The molecule has 0 aromatic heterocycles. The number of hydrogen-bond donors (Lipinski definition) is 0. The molecule has 396 valence electrons. The van der Waals surface area contributed by atoms with E-state index in [-0.39, 0.29) is 31.1 Å². The highest BCUT2D eigenvalue weighted by atomic mass is 16.6. The lowest BCUT2D eigenvalue weighted by Crippen LogP contribution is -2.30. The Labute approximate surface area is 422 Å². The Kier molecular flexibility index (Phi) is 54.8. The van der Waals surface area contributed by atoms with Crippen LogP contribution in [0, 0.1) is 0 Å². The van der Waals surface area contributed by atoms with Gasteiger partial charge in [0.05, 0.1) is 0 Å². The standard InChI is InChI=1S/C62H112O6/c1-4-7-10-13-16-19-22-25-27-29-31-33-34-37-40-43-46-49-52-55-61(64)67-58-59(57-66-60(63)54-51-48-45-42-39-36-24-21-18-15-12-9-6-3)68-62(65)56-53-50-47-44-41-38-35-32-30-28-26-23-20-17-14-11-8-5-2/h16,19,21,24-25,27,31,33,59H,4-15,17-18,20,22-23,26,28-30,32,34-58H2,1-3H3/b19-16-,24-21-,27-25-,33-31-/t59-/m1/s1. The van der Waals surface area contributed by atoms with E-state index in [9.17, 15) is 14.4 Å². The summed E-state index contributed by atoms with van der Waals surface area (Å²) >= 11 is 0. The predicted octanol–water partition coefficient (Wildman–Crippen LogP) is 19.8. The SMILES string of the molecule is CCCCC/C=C\C/C=C\C/C=C\CCCCCCCCC(=O)OC[C@@H](COC(=O)CCCCCCC/C=C\CCCCCC)OC(=O)CCCCCCCCCCCCCCCCCCCC. The topological polar surface area (TPSA) is 78.9 Å². The summed E-state index contributed by atoms with van der Waals surface area (Å²) in [5, 5.41) is 0. The number of esters is 3. The maximum Gasteiger partial charge on any atom is 0.306 e. The van der Waals surface area contributed by atoms with E-state index in [1.807, 2.05) is 0 Å². The van der Waals surface area contributed by atoms with Crippen LogP contribution in [-0.4, -0.2) is 37.2 Å². The molecular formula is C62H112O6. The van der Waals surface area contributed by atoms with Crippen molar-refractivity contribution in [1.29, 1.82) is 0 Å². The van der Waals surface area contributed by atoms with Crippen molar-refractivity contribution in [3.63, 3.8) is 0 Å². The highest BCUT2D eigenvalue weighted by molar-refractivity contribution is 5.71. The normalized spacial score (nSPS) is 12.3. The van der Waals surface area contributed by atoms with Gasteiger partial charge in [0.15, 0.2) is 6.10 Å². The molecule has 0 unspecified atom stereocenters. The van der Waals surface area contributed by atoms with Crippen LogP contribution in [0.3, 0.4) is 0 Å². The number of ether oxygens (including phenoxy) is 3. The van der Waals surface area contributed by atoms with Gasteiger partial charge in [0.1, 0.15) is 13.2 Å². The monoisotopic (exact) mass is 953 g/mol. The molecule has 0 radical (unpaired) electrons. The summed E-state index contributed by atoms with van der Waals surface area (Å²) in [6.45, 7) is 6.62. The molecule has 0 N–H and O–H groups in total. The van der Waals surface area contributed by atoms with Crippen LogP contribution in [0.1, 0.15) is 310 Å². The zero-order valence-electron chi connectivity index (χ0n) is 45.4. The maximum absolute atomic E-state index is 12.9. The third-order valence-electron chi connectivity index (χ3n) is 13.1. The molecule has 1 atom stereocenters.